The van der Waals surface area contributed by atoms with Gasteiger partial charge >= 0.3 is 0 Å². The minimum absolute atomic E-state index is 0.0641. The van der Waals surface area contributed by atoms with E-state index in [1.165, 1.54) is 0 Å². The van der Waals surface area contributed by atoms with Crippen molar-refractivity contribution in [3.05, 3.63) is 34.3 Å². The van der Waals surface area contributed by atoms with Crippen LogP contribution >= 0.6 is 27.5 Å². The van der Waals surface area contributed by atoms with E-state index in [4.69, 9.17) is 11.6 Å². The maximum Gasteiger partial charge on any atom is 0.251 e. The Hall–Kier alpha value is -0.540. The van der Waals surface area contributed by atoms with Crippen molar-refractivity contribution in [1.29, 1.82) is 0 Å². The highest BCUT2D eigenvalue weighted by Crippen LogP contribution is 2.12. The third-order valence-electron chi connectivity index (χ3n) is 2.54. The fraction of sp³-hybridized carbons (Fsp3) is 0.417. The first-order valence-electron chi connectivity index (χ1n) is 5.17. The number of benzene rings is 1. The molecule has 0 fully saturated rings. The fourth-order valence-corrected chi connectivity index (χ4v) is 1.86. The minimum Gasteiger partial charge on any atom is -0.349 e. The summed E-state index contributed by atoms with van der Waals surface area (Å²) >= 11 is 9.08. The summed E-state index contributed by atoms with van der Waals surface area (Å²) in [4.78, 5) is 11.9. The van der Waals surface area contributed by atoms with Crippen LogP contribution in [0.5, 0.6) is 0 Å². The van der Waals surface area contributed by atoms with Crippen LogP contribution in [0.25, 0.3) is 0 Å². The summed E-state index contributed by atoms with van der Waals surface area (Å²) in [5.41, 5.74) is 0.656. The molecule has 88 valence electrons. The highest BCUT2D eigenvalue weighted by atomic mass is 79.9. The predicted molar refractivity (Wildman–Crippen MR) is 71.0 cm³/mol. The zero-order valence-electron chi connectivity index (χ0n) is 9.34. The molecule has 0 heterocycles. The summed E-state index contributed by atoms with van der Waals surface area (Å²) in [6.07, 6.45) is 0. The van der Waals surface area contributed by atoms with Crippen LogP contribution in [0.4, 0.5) is 0 Å². The predicted octanol–water partition coefficient (Wildman–Crippen LogP) is 3.44. The van der Waals surface area contributed by atoms with Crippen molar-refractivity contribution in [1.82, 2.24) is 5.32 Å². The van der Waals surface area contributed by atoms with E-state index in [1.807, 2.05) is 26.0 Å². The van der Waals surface area contributed by atoms with Crippen molar-refractivity contribution in [3.63, 3.8) is 0 Å². The third kappa shape index (κ3) is 3.80. The summed E-state index contributed by atoms with van der Waals surface area (Å²) in [6, 6.07) is 7.39. The molecule has 0 aliphatic heterocycles. The molecule has 16 heavy (non-hydrogen) atoms. The second-order valence-electron chi connectivity index (χ2n) is 3.90. The lowest BCUT2D eigenvalue weighted by molar-refractivity contribution is 0.0931. The van der Waals surface area contributed by atoms with Crippen molar-refractivity contribution in [3.8, 4) is 0 Å². The molecule has 0 bridgehead atoms. The van der Waals surface area contributed by atoms with Gasteiger partial charge in [0.1, 0.15) is 0 Å². The molecular formula is C12H15BrClNO. The van der Waals surface area contributed by atoms with Crippen molar-refractivity contribution < 1.29 is 4.79 Å². The molecule has 0 saturated carbocycles. The molecule has 0 aliphatic rings. The van der Waals surface area contributed by atoms with E-state index < -0.39 is 0 Å². The van der Waals surface area contributed by atoms with Gasteiger partial charge in [0.2, 0.25) is 0 Å². The monoisotopic (exact) mass is 303 g/mol. The molecule has 0 aromatic heterocycles. The van der Waals surface area contributed by atoms with Gasteiger partial charge in [0, 0.05) is 22.0 Å². The van der Waals surface area contributed by atoms with Crippen molar-refractivity contribution >= 4 is 33.4 Å². The van der Waals surface area contributed by atoms with Gasteiger partial charge in [-0.15, -0.1) is 11.6 Å². The number of nitrogens with one attached hydrogen (secondary N) is 1. The maximum atomic E-state index is 11.9. The van der Waals surface area contributed by atoms with Gasteiger partial charge in [0.25, 0.3) is 5.91 Å². The number of carbonyl (C=O) groups is 1. The van der Waals surface area contributed by atoms with Crippen LogP contribution in [0.2, 0.25) is 0 Å². The smallest absolute Gasteiger partial charge is 0.251 e. The molecule has 1 aromatic rings. The van der Waals surface area contributed by atoms with Crippen LogP contribution in [-0.2, 0) is 0 Å². The molecular weight excluding hydrogens is 289 g/mol. The van der Waals surface area contributed by atoms with Crippen molar-refractivity contribution in [2.45, 2.75) is 19.9 Å². The molecule has 2 nitrogen and oxygen atoms in total. The topological polar surface area (TPSA) is 29.1 Å². The highest BCUT2D eigenvalue weighted by Gasteiger charge is 2.14. The largest absolute Gasteiger partial charge is 0.349 e. The van der Waals surface area contributed by atoms with Crippen LogP contribution in [0.3, 0.4) is 0 Å². The second-order valence-corrected chi connectivity index (χ2v) is 5.13. The summed E-state index contributed by atoms with van der Waals surface area (Å²) in [5.74, 6) is 0.739. The number of carbonyl (C=O) groups excluding carboxylic acids is 1. The Morgan fingerprint density at radius 1 is 1.50 bits per heavy atom. The van der Waals surface area contributed by atoms with Gasteiger partial charge in [-0.3, -0.25) is 4.79 Å². The molecule has 4 heteroatoms. The summed E-state index contributed by atoms with van der Waals surface area (Å²) in [5, 5.41) is 2.93. The Morgan fingerprint density at radius 2 is 2.19 bits per heavy atom. The van der Waals surface area contributed by atoms with Crippen LogP contribution in [-0.4, -0.2) is 17.8 Å². The molecule has 1 rings (SSSR count). The van der Waals surface area contributed by atoms with Crippen LogP contribution in [0.15, 0.2) is 28.7 Å². The number of alkyl halides is 1. The van der Waals surface area contributed by atoms with Gasteiger partial charge in [0.05, 0.1) is 0 Å². The average Bonchev–Trinajstić information content (AvgIpc) is 2.27. The molecule has 2 unspecified atom stereocenters. The van der Waals surface area contributed by atoms with E-state index in [0.717, 1.165) is 4.47 Å². The van der Waals surface area contributed by atoms with Gasteiger partial charge in [-0.05, 0) is 31.0 Å². The Bertz CT molecular complexity index is 370. The average molecular weight is 305 g/mol. The molecule has 1 aromatic carbocycles. The Kier molecular flexibility index (Phi) is 5.29. The standard InChI is InChI=1S/C12H15BrClNO/c1-8(7-14)9(2)15-12(16)10-4-3-5-11(13)6-10/h3-6,8-9H,7H2,1-2H3,(H,15,16). The lowest BCUT2D eigenvalue weighted by atomic mass is 10.1. The molecule has 2 atom stereocenters. The molecule has 0 spiro atoms. The number of amides is 1. The van der Waals surface area contributed by atoms with Crippen molar-refractivity contribution in [2.75, 3.05) is 5.88 Å². The molecule has 1 amide bonds. The Morgan fingerprint density at radius 3 is 2.75 bits per heavy atom. The highest BCUT2D eigenvalue weighted by molar-refractivity contribution is 9.10. The quantitative estimate of drug-likeness (QED) is 0.848. The SMILES string of the molecule is CC(CCl)C(C)NC(=O)c1cccc(Br)c1. The zero-order chi connectivity index (χ0) is 12.1. The molecule has 0 saturated heterocycles. The van der Waals surface area contributed by atoms with Gasteiger partial charge in [-0.25, -0.2) is 0 Å². The van der Waals surface area contributed by atoms with Gasteiger partial charge in [-0.2, -0.15) is 0 Å². The van der Waals surface area contributed by atoms with E-state index in [-0.39, 0.29) is 17.9 Å². The number of hydrogen-bond acceptors (Lipinski definition) is 1. The lowest BCUT2D eigenvalue weighted by Crippen LogP contribution is -2.37. The number of hydrogen-bond donors (Lipinski definition) is 1. The minimum atomic E-state index is -0.0641. The normalized spacial score (nSPS) is 14.2. The Balaban J connectivity index is 2.66. The molecule has 1 N–H and O–H groups in total. The van der Waals surface area contributed by atoms with E-state index in [9.17, 15) is 4.79 Å². The van der Waals surface area contributed by atoms with E-state index >= 15 is 0 Å². The second kappa shape index (κ2) is 6.26. The van der Waals surface area contributed by atoms with E-state index in [1.54, 1.807) is 12.1 Å². The van der Waals surface area contributed by atoms with Crippen molar-refractivity contribution in [2.24, 2.45) is 5.92 Å². The molecule has 0 radical (unpaired) electrons. The van der Waals surface area contributed by atoms with Crippen LogP contribution in [0.1, 0.15) is 24.2 Å². The first-order valence-corrected chi connectivity index (χ1v) is 6.49. The van der Waals surface area contributed by atoms with Crippen LogP contribution < -0.4 is 5.32 Å². The number of halogens is 2. The molecule has 0 aliphatic carbocycles. The van der Waals surface area contributed by atoms with E-state index in [2.05, 4.69) is 21.2 Å². The van der Waals surface area contributed by atoms with Gasteiger partial charge in [0.15, 0.2) is 0 Å². The zero-order valence-corrected chi connectivity index (χ0v) is 11.7. The van der Waals surface area contributed by atoms with E-state index in [0.29, 0.717) is 11.4 Å². The first-order chi connectivity index (χ1) is 7.54. The summed E-state index contributed by atoms with van der Waals surface area (Å²) in [6.45, 7) is 3.97. The number of rotatable bonds is 4. The fourth-order valence-electron chi connectivity index (χ4n) is 1.20. The Labute approximate surface area is 110 Å². The van der Waals surface area contributed by atoms with Crippen LogP contribution in [0, 0.1) is 5.92 Å². The van der Waals surface area contributed by atoms with Gasteiger partial charge < -0.3 is 5.32 Å². The lowest BCUT2D eigenvalue weighted by Gasteiger charge is -2.19. The summed E-state index contributed by atoms with van der Waals surface area (Å²) in [7, 11) is 0. The third-order valence-corrected chi connectivity index (χ3v) is 3.52. The maximum absolute atomic E-state index is 11.9. The van der Waals surface area contributed by atoms with Gasteiger partial charge in [-0.1, -0.05) is 28.9 Å². The first kappa shape index (κ1) is 13.5. The summed E-state index contributed by atoms with van der Waals surface area (Å²) < 4.78 is 0.901.